The van der Waals surface area contributed by atoms with Crippen molar-refractivity contribution in [2.75, 3.05) is 6.61 Å². The Morgan fingerprint density at radius 3 is 1.80 bits per heavy atom. The Morgan fingerprint density at radius 1 is 1.60 bits per heavy atom. The monoisotopic (exact) mass is 132 g/mol. The number of hydrogen-bond donors (Lipinski definition) is 1. The van der Waals surface area contributed by atoms with Gasteiger partial charge in [0, 0.05) is 6.61 Å². The summed E-state index contributed by atoms with van der Waals surface area (Å²) in [5, 5.41) is 7.88. The summed E-state index contributed by atoms with van der Waals surface area (Å²) in [5.41, 5.74) is 0. The SMILES string of the molecule is CCCO.[GaH3]. The summed E-state index contributed by atoms with van der Waals surface area (Å²) in [6, 6.07) is 0. The van der Waals surface area contributed by atoms with E-state index in [0.717, 1.165) is 6.42 Å². The standard InChI is InChI=1S/C3H8O.Ga.3H/c1-2-3-4;;;;/h4H,2-3H2,1H3;;;;. The van der Waals surface area contributed by atoms with Crippen LogP contribution in [0.2, 0.25) is 0 Å². The molecule has 0 aliphatic carbocycles. The van der Waals surface area contributed by atoms with Gasteiger partial charge in [-0.2, -0.15) is 0 Å². The molecule has 2 heteroatoms. The molecule has 1 nitrogen and oxygen atoms in total. The summed E-state index contributed by atoms with van der Waals surface area (Å²) in [4.78, 5) is 0. The second kappa shape index (κ2) is 8.82. The average molecular weight is 133 g/mol. The molecule has 0 rings (SSSR count). The van der Waals surface area contributed by atoms with Crippen LogP contribution in [-0.2, 0) is 0 Å². The van der Waals surface area contributed by atoms with E-state index in [1.54, 1.807) is 0 Å². The van der Waals surface area contributed by atoms with Gasteiger partial charge in [0.05, 0.1) is 0 Å². The summed E-state index contributed by atoms with van der Waals surface area (Å²) >= 11 is 0. The molecule has 0 saturated heterocycles. The van der Waals surface area contributed by atoms with Gasteiger partial charge in [-0.1, -0.05) is 6.92 Å². The third kappa shape index (κ3) is 12.2. The quantitative estimate of drug-likeness (QED) is 0.464. The van der Waals surface area contributed by atoms with Gasteiger partial charge in [0.1, 0.15) is 0 Å². The van der Waals surface area contributed by atoms with Crippen molar-refractivity contribution in [2.24, 2.45) is 0 Å². The molecular weight excluding hydrogens is 122 g/mol. The van der Waals surface area contributed by atoms with Gasteiger partial charge in [-0.15, -0.1) is 0 Å². The van der Waals surface area contributed by atoms with Crippen LogP contribution < -0.4 is 0 Å². The van der Waals surface area contributed by atoms with Crippen LogP contribution in [0, 0.1) is 0 Å². The number of rotatable bonds is 1. The minimum absolute atomic E-state index is 0. The van der Waals surface area contributed by atoms with Crippen LogP contribution in [0.25, 0.3) is 0 Å². The van der Waals surface area contributed by atoms with E-state index < -0.39 is 0 Å². The fourth-order valence-electron chi connectivity index (χ4n) is 0. The van der Waals surface area contributed by atoms with Crippen LogP contribution in [-0.4, -0.2) is 31.5 Å². The second-order valence-electron chi connectivity index (χ2n) is 0.724. The molecule has 0 saturated carbocycles. The third-order valence-corrected chi connectivity index (χ3v) is 0.224. The zero-order chi connectivity index (χ0) is 3.41. The Labute approximate surface area is 45.4 Å². The maximum absolute atomic E-state index is 7.88. The molecule has 0 spiro atoms. The molecule has 0 fully saturated rings. The fourth-order valence-corrected chi connectivity index (χ4v) is 0. The van der Waals surface area contributed by atoms with Crippen molar-refractivity contribution in [1.29, 1.82) is 0 Å². The molecular formula is C3H11GaO. The predicted molar refractivity (Wildman–Crippen MR) is 27.3 cm³/mol. The van der Waals surface area contributed by atoms with E-state index in [1.807, 2.05) is 6.92 Å². The number of hydrogen-bond acceptors (Lipinski definition) is 1. The van der Waals surface area contributed by atoms with Gasteiger partial charge in [-0.05, 0) is 6.42 Å². The molecule has 0 amide bonds. The first-order valence-corrected chi connectivity index (χ1v) is 1.52. The summed E-state index contributed by atoms with van der Waals surface area (Å²) in [6.45, 7) is 2.25. The molecule has 0 radical (unpaired) electrons. The van der Waals surface area contributed by atoms with Gasteiger partial charge >= 0.3 is 19.8 Å². The molecule has 0 aromatic rings. The normalized spacial score (nSPS) is 6.00. The number of aliphatic hydroxyl groups excluding tert-OH is 1. The molecule has 1 N–H and O–H groups in total. The summed E-state index contributed by atoms with van der Waals surface area (Å²) in [7, 11) is 0. The molecule has 0 aromatic carbocycles. The van der Waals surface area contributed by atoms with Gasteiger partial charge in [0.25, 0.3) is 0 Å². The van der Waals surface area contributed by atoms with E-state index in [2.05, 4.69) is 0 Å². The van der Waals surface area contributed by atoms with Crippen LogP contribution in [0.1, 0.15) is 13.3 Å². The summed E-state index contributed by atoms with van der Waals surface area (Å²) in [5.74, 6) is 0. The summed E-state index contributed by atoms with van der Waals surface area (Å²) in [6.07, 6.45) is 0.875. The van der Waals surface area contributed by atoms with E-state index in [9.17, 15) is 0 Å². The Balaban J connectivity index is 0. The van der Waals surface area contributed by atoms with Crippen LogP contribution in [0.4, 0.5) is 0 Å². The van der Waals surface area contributed by atoms with Crippen molar-refractivity contribution in [3.05, 3.63) is 0 Å². The topological polar surface area (TPSA) is 20.2 Å². The predicted octanol–water partition coefficient (Wildman–Crippen LogP) is -0.795. The zero-order valence-electron chi connectivity index (χ0n) is 2.86. The van der Waals surface area contributed by atoms with Crippen molar-refractivity contribution in [1.82, 2.24) is 0 Å². The Hall–Kier alpha value is 0.596. The molecule has 32 valence electrons. The Kier molecular flexibility index (Phi) is 16.1. The van der Waals surface area contributed by atoms with Gasteiger partial charge in [-0.3, -0.25) is 0 Å². The first kappa shape index (κ1) is 9.14. The van der Waals surface area contributed by atoms with E-state index in [4.69, 9.17) is 5.11 Å². The molecule has 0 bridgehead atoms. The third-order valence-electron chi connectivity index (χ3n) is 0.224. The second-order valence-corrected chi connectivity index (χ2v) is 0.724. The average Bonchev–Trinajstić information content (AvgIpc) is 1.37. The molecule has 0 unspecified atom stereocenters. The van der Waals surface area contributed by atoms with Gasteiger partial charge < -0.3 is 5.11 Å². The molecule has 5 heavy (non-hydrogen) atoms. The van der Waals surface area contributed by atoms with Crippen molar-refractivity contribution in [3.63, 3.8) is 0 Å². The van der Waals surface area contributed by atoms with Gasteiger partial charge in [-0.25, -0.2) is 0 Å². The van der Waals surface area contributed by atoms with E-state index in [0.29, 0.717) is 6.61 Å². The van der Waals surface area contributed by atoms with Crippen LogP contribution in [0.5, 0.6) is 0 Å². The Bertz CT molecular complexity index is 8.85. The Morgan fingerprint density at radius 2 is 1.80 bits per heavy atom. The first-order valence-electron chi connectivity index (χ1n) is 1.52. The molecule has 0 aromatic heterocycles. The molecule has 0 aliphatic rings. The van der Waals surface area contributed by atoms with Crippen molar-refractivity contribution in [2.45, 2.75) is 13.3 Å². The van der Waals surface area contributed by atoms with Gasteiger partial charge in [0.2, 0.25) is 0 Å². The number of aliphatic hydroxyl groups is 1. The van der Waals surface area contributed by atoms with Gasteiger partial charge in [0.15, 0.2) is 0 Å². The summed E-state index contributed by atoms with van der Waals surface area (Å²) < 4.78 is 0. The fraction of sp³-hybridized carbons (Fsp3) is 1.00. The first-order chi connectivity index (χ1) is 1.91. The molecule has 0 heterocycles. The van der Waals surface area contributed by atoms with Crippen LogP contribution >= 0.6 is 0 Å². The minimum atomic E-state index is 0. The maximum atomic E-state index is 7.88. The van der Waals surface area contributed by atoms with Crippen molar-refractivity contribution < 1.29 is 5.11 Å². The van der Waals surface area contributed by atoms with E-state index in [1.165, 1.54) is 0 Å². The van der Waals surface area contributed by atoms with E-state index in [-0.39, 0.29) is 19.8 Å². The van der Waals surface area contributed by atoms with E-state index >= 15 is 0 Å². The van der Waals surface area contributed by atoms with Crippen molar-refractivity contribution >= 4 is 19.8 Å². The molecule has 0 aliphatic heterocycles. The van der Waals surface area contributed by atoms with Crippen molar-refractivity contribution in [3.8, 4) is 0 Å². The van der Waals surface area contributed by atoms with Crippen LogP contribution in [0.15, 0.2) is 0 Å². The van der Waals surface area contributed by atoms with Crippen LogP contribution in [0.3, 0.4) is 0 Å². The zero-order valence-corrected chi connectivity index (χ0v) is 2.86. The molecule has 0 atom stereocenters.